The normalized spacial score (nSPS) is 13.7. The van der Waals surface area contributed by atoms with Gasteiger partial charge in [0.1, 0.15) is 0 Å². The van der Waals surface area contributed by atoms with Crippen molar-refractivity contribution in [2.24, 2.45) is 0 Å². The standard InChI is InChI=1S/C11H24O2Si2/c1-10(12-14(3,4)5)9-11(2)13-15(6,7)8/h9H,1H2,2-8H3/b11-9+. The monoisotopic (exact) mass is 244 g/mol. The summed E-state index contributed by atoms with van der Waals surface area (Å²) in [6, 6.07) is 0. The Labute approximate surface area is 96.2 Å². The Balaban J connectivity index is 4.31. The first kappa shape index (κ1) is 14.5. The Bertz CT molecular complexity index is 257. The molecule has 2 nitrogen and oxygen atoms in total. The number of allylic oxidation sites excluding steroid dienone is 2. The van der Waals surface area contributed by atoms with Gasteiger partial charge in [-0.25, -0.2) is 0 Å². The summed E-state index contributed by atoms with van der Waals surface area (Å²) in [7, 11) is -3.03. The highest BCUT2D eigenvalue weighted by atomic mass is 28.4. The lowest BCUT2D eigenvalue weighted by Gasteiger charge is -2.22. The predicted octanol–water partition coefficient (Wildman–Crippen LogP) is 4.11. The molecule has 0 amide bonds. The average Bonchev–Trinajstić information content (AvgIpc) is 1.73. The van der Waals surface area contributed by atoms with Crippen LogP contribution in [0.15, 0.2) is 24.2 Å². The molecular weight excluding hydrogens is 220 g/mol. The summed E-state index contributed by atoms with van der Waals surface area (Å²) in [5, 5.41) is 0. The quantitative estimate of drug-likeness (QED) is 0.412. The van der Waals surface area contributed by atoms with Crippen LogP contribution in [0.5, 0.6) is 0 Å². The minimum absolute atomic E-state index is 0.713. The number of hydrogen-bond acceptors (Lipinski definition) is 2. The van der Waals surface area contributed by atoms with Crippen LogP contribution in [0.25, 0.3) is 0 Å². The summed E-state index contributed by atoms with van der Waals surface area (Å²) < 4.78 is 11.5. The fraction of sp³-hybridized carbons (Fsp3) is 0.636. The zero-order valence-corrected chi connectivity index (χ0v) is 13.1. The van der Waals surface area contributed by atoms with E-state index in [-0.39, 0.29) is 0 Å². The van der Waals surface area contributed by atoms with Crippen molar-refractivity contribution in [1.82, 2.24) is 0 Å². The van der Waals surface area contributed by atoms with Gasteiger partial charge < -0.3 is 8.85 Å². The van der Waals surface area contributed by atoms with Crippen molar-refractivity contribution in [3.63, 3.8) is 0 Å². The molecule has 15 heavy (non-hydrogen) atoms. The second kappa shape index (κ2) is 5.03. The van der Waals surface area contributed by atoms with Crippen LogP contribution in [0, 0.1) is 0 Å². The van der Waals surface area contributed by atoms with E-state index in [4.69, 9.17) is 8.85 Å². The summed E-state index contributed by atoms with van der Waals surface area (Å²) in [6.45, 7) is 18.7. The van der Waals surface area contributed by atoms with E-state index in [2.05, 4.69) is 45.9 Å². The molecule has 0 atom stereocenters. The Hall–Kier alpha value is -0.486. The second-order valence-corrected chi connectivity index (χ2v) is 14.5. The van der Waals surface area contributed by atoms with Gasteiger partial charge in [-0.05, 0) is 46.2 Å². The maximum absolute atomic E-state index is 5.80. The van der Waals surface area contributed by atoms with Crippen LogP contribution in [0.2, 0.25) is 39.3 Å². The van der Waals surface area contributed by atoms with Gasteiger partial charge in [-0.3, -0.25) is 0 Å². The van der Waals surface area contributed by atoms with Crippen LogP contribution in [0.3, 0.4) is 0 Å². The number of rotatable bonds is 5. The molecule has 0 bridgehead atoms. The molecule has 0 unspecified atom stereocenters. The van der Waals surface area contributed by atoms with Crippen LogP contribution >= 0.6 is 0 Å². The molecule has 0 fully saturated rings. The molecule has 0 saturated heterocycles. The van der Waals surface area contributed by atoms with Gasteiger partial charge in [-0.2, -0.15) is 0 Å². The average molecular weight is 244 g/mol. The fourth-order valence-corrected chi connectivity index (χ4v) is 3.03. The minimum atomic E-state index is -1.53. The predicted molar refractivity (Wildman–Crippen MR) is 71.8 cm³/mol. The maximum atomic E-state index is 5.80. The fourth-order valence-electron chi connectivity index (χ4n) is 1.16. The van der Waals surface area contributed by atoms with E-state index in [1.807, 2.05) is 13.0 Å². The smallest absolute Gasteiger partial charge is 0.242 e. The summed E-state index contributed by atoms with van der Waals surface area (Å²) in [4.78, 5) is 0. The van der Waals surface area contributed by atoms with Crippen LogP contribution in [-0.4, -0.2) is 16.6 Å². The van der Waals surface area contributed by atoms with Crippen molar-refractivity contribution < 1.29 is 8.85 Å². The van der Waals surface area contributed by atoms with Gasteiger partial charge in [0, 0.05) is 6.08 Å². The van der Waals surface area contributed by atoms with Crippen LogP contribution in [0.4, 0.5) is 0 Å². The highest BCUT2D eigenvalue weighted by molar-refractivity contribution is 6.70. The minimum Gasteiger partial charge on any atom is -0.547 e. The molecule has 0 saturated carbocycles. The third-order valence-corrected chi connectivity index (χ3v) is 3.08. The van der Waals surface area contributed by atoms with E-state index in [1.165, 1.54) is 0 Å². The molecule has 0 aliphatic heterocycles. The van der Waals surface area contributed by atoms with Gasteiger partial charge in [0.15, 0.2) is 0 Å². The summed E-state index contributed by atoms with van der Waals surface area (Å²) in [5.74, 6) is 1.61. The lowest BCUT2D eigenvalue weighted by Crippen LogP contribution is -2.25. The number of hydrogen-bond donors (Lipinski definition) is 0. The van der Waals surface area contributed by atoms with Gasteiger partial charge in [-0.15, -0.1) is 0 Å². The molecule has 0 aliphatic rings. The first-order valence-electron chi connectivity index (χ1n) is 5.25. The molecule has 0 aromatic heterocycles. The molecule has 0 N–H and O–H groups in total. The van der Waals surface area contributed by atoms with Crippen LogP contribution in [0.1, 0.15) is 6.92 Å². The van der Waals surface area contributed by atoms with Gasteiger partial charge in [0.2, 0.25) is 16.6 Å². The zero-order valence-electron chi connectivity index (χ0n) is 11.1. The molecule has 0 aromatic rings. The molecule has 0 rings (SSSR count). The summed E-state index contributed by atoms with van der Waals surface area (Å²) in [5.41, 5.74) is 0. The first-order chi connectivity index (χ1) is 6.49. The van der Waals surface area contributed by atoms with E-state index >= 15 is 0 Å². The highest BCUT2D eigenvalue weighted by Gasteiger charge is 2.18. The van der Waals surface area contributed by atoms with Crippen LogP contribution in [-0.2, 0) is 8.85 Å². The Morgan fingerprint density at radius 3 is 1.67 bits per heavy atom. The lowest BCUT2D eigenvalue weighted by atomic mass is 10.4. The topological polar surface area (TPSA) is 18.5 Å². The Morgan fingerprint density at radius 2 is 1.33 bits per heavy atom. The van der Waals surface area contributed by atoms with Crippen molar-refractivity contribution in [3.8, 4) is 0 Å². The van der Waals surface area contributed by atoms with Crippen molar-refractivity contribution in [3.05, 3.63) is 24.2 Å². The maximum Gasteiger partial charge on any atom is 0.242 e. The SMILES string of the molecule is C=C(/C=C(\C)O[Si](C)(C)C)O[Si](C)(C)C. The molecule has 0 aliphatic carbocycles. The van der Waals surface area contributed by atoms with E-state index in [9.17, 15) is 0 Å². The molecular formula is C11H24O2Si2. The second-order valence-electron chi connectivity index (χ2n) is 5.65. The highest BCUT2D eigenvalue weighted by Crippen LogP contribution is 2.15. The third kappa shape index (κ3) is 9.81. The molecule has 88 valence electrons. The van der Waals surface area contributed by atoms with Crippen molar-refractivity contribution >= 4 is 16.6 Å². The molecule has 4 heteroatoms. The van der Waals surface area contributed by atoms with Gasteiger partial charge in [0.05, 0.1) is 11.5 Å². The van der Waals surface area contributed by atoms with Crippen molar-refractivity contribution in [1.29, 1.82) is 0 Å². The van der Waals surface area contributed by atoms with E-state index in [0.29, 0.717) is 5.76 Å². The van der Waals surface area contributed by atoms with E-state index < -0.39 is 16.6 Å². The van der Waals surface area contributed by atoms with Gasteiger partial charge in [-0.1, -0.05) is 6.58 Å². The largest absolute Gasteiger partial charge is 0.547 e. The van der Waals surface area contributed by atoms with Gasteiger partial charge in [0.25, 0.3) is 0 Å². The van der Waals surface area contributed by atoms with Crippen molar-refractivity contribution in [2.75, 3.05) is 0 Å². The molecule has 0 aromatic carbocycles. The van der Waals surface area contributed by atoms with Crippen molar-refractivity contribution in [2.45, 2.75) is 46.2 Å². The van der Waals surface area contributed by atoms with Gasteiger partial charge >= 0.3 is 0 Å². The summed E-state index contributed by atoms with van der Waals surface area (Å²) in [6.07, 6.45) is 1.89. The molecule has 0 radical (unpaired) electrons. The van der Waals surface area contributed by atoms with E-state index in [0.717, 1.165) is 5.76 Å². The molecule has 0 heterocycles. The molecule has 0 spiro atoms. The third-order valence-electron chi connectivity index (χ3n) is 1.27. The Morgan fingerprint density at radius 1 is 0.933 bits per heavy atom. The Kier molecular flexibility index (Phi) is 4.87. The van der Waals surface area contributed by atoms with Crippen LogP contribution < -0.4 is 0 Å². The lowest BCUT2D eigenvalue weighted by molar-refractivity contribution is 0.406. The first-order valence-corrected chi connectivity index (χ1v) is 12.1. The summed E-state index contributed by atoms with van der Waals surface area (Å²) >= 11 is 0. The van der Waals surface area contributed by atoms with E-state index in [1.54, 1.807) is 0 Å². The zero-order chi connectivity index (χ0) is 12.3.